The Hall–Kier alpha value is -7.24. The molecule has 0 aliphatic carbocycles. The second-order valence-corrected chi connectivity index (χ2v) is 12.2. The second kappa shape index (κ2) is 17.7. The Kier molecular flexibility index (Phi) is 12.6. The van der Waals surface area contributed by atoms with Crippen molar-refractivity contribution in [1.29, 1.82) is 0 Å². The molecule has 288 valence electrons. The van der Waals surface area contributed by atoms with E-state index in [4.69, 9.17) is 14.2 Å². The topological polar surface area (TPSA) is 211 Å². The third-order valence-corrected chi connectivity index (χ3v) is 8.01. The number of nitrogens with zero attached hydrogens (tertiary/aromatic N) is 4. The zero-order chi connectivity index (χ0) is 40.4. The van der Waals surface area contributed by atoms with Gasteiger partial charge in [-0.25, -0.2) is 17.6 Å². The maximum Gasteiger partial charge on any atom is 0.306 e. The SMILES string of the molecule is C[C@@](CC(=O)O)(NC(=O)c1noc(-c2cccc(F)c2F)n1)c1ccccc1.O=C(O)C[C@@H](Cc1ccccc1)NC(=O)c1noc(-c2cccc(F)c2F)n1. The number of amides is 2. The molecule has 6 aromatic rings. The lowest BCUT2D eigenvalue weighted by Crippen LogP contribution is -2.45. The summed E-state index contributed by atoms with van der Waals surface area (Å²) in [7, 11) is 0. The lowest BCUT2D eigenvalue weighted by atomic mass is 9.88. The molecule has 14 nitrogen and oxygen atoms in total. The highest BCUT2D eigenvalue weighted by Gasteiger charge is 2.33. The summed E-state index contributed by atoms with van der Waals surface area (Å²) in [5, 5.41) is 30.4. The third kappa shape index (κ3) is 10.0. The van der Waals surface area contributed by atoms with Crippen molar-refractivity contribution in [2.45, 2.75) is 37.8 Å². The number of carboxylic acids is 2. The van der Waals surface area contributed by atoms with Gasteiger partial charge in [0, 0.05) is 6.04 Å². The van der Waals surface area contributed by atoms with Crippen LogP contribution < -0.4 is 10.6 Å². The molecule has 0 bridgehead atoms. The van der Waals surface area contributed by atoms with Gasteiger partial charge in [-0.15, -0.1) is 0 Å². The molecule has 18 heteroatoms. The van der Waals surface area contributed by atoms with Gasteiger partial charge in [0.05, 0.1) is 29.5 Å². The fraction of sp³-hybridized carbons (Fsp3) is 0.158. The highest BCUT2D eigenvalue weighted by atomic mass is 19.2. The molecule has 56 heavy (non-hydrogen) atoms. The zero-order valence-electron chi connectivity index (χ0n) is 29.1. The predicted molar refractivity (Wildman–Crippen MR) is 186 cm³/mol. The van der Waals surface area contributed by atoms with Crippen molar-refractivity contribution < 1.29 is 56.0 Å². The van der Waals surface area contributed by atoms with E-state index >= 15 is 0 Å². The van der Waals surface area contributed by atoms with E-state index in [1.807, 2.05) is 6.07 Å². The number of aliphatic carboxylic acids is 2. The molecule has 4 aromatic carbocycles. The van der Waals surface area contributed by atoms with Crippen LogP contribution in [0.25, 0.3) is 22.9 Å². The van der Waals surface area contributed by atoms with Crippen LogP contribution in [0.4, 0.5) is 17.6 Å². The number of rotatable bonds is 13. The van der Waals surface area contributed by atoms with Crippen molar-refractivity contribution in [3.05, 3.63) is 143 Å². The molecule has 0 aliphatic heterocycles. The first-order chi connectivity index (χ1) is 26.7. The van der Waals surface area contributed by atoms with Crippen LogP contribution in [0.2, 0.25) is 0 Å². The molecule has 2 amide bonds. The first kappa shape index (κ1) is 40.0. The summed E-state index contributed by atoms with van der Waals surface area (Å²) >= 11 is 0. The van der Waals surface area contributed by atoms with Crippen molar-refractivity contribution in [2.24, 2.45) is 0 Å². The molecule has 0 unspecified atom stereocenters. The molecule has 0 fully saturated rings. The van der Waals surface area contributed by atoms with E-state index in [0.29, 0.717) is 5.56 Å². The number of carbonyl (C=O) groups excluding carboxylic acids is 2. The highest BCUT2D eigenvalue weighted by molar-refractivity contribution is 5.92. The summed E-state index contributed by atoms with van der Waals surface area (Å²) in [4.78, 5) is 54.9. The van der Waals surface area contributed by atoms with Crippen molar-refractivity contribution in [3.63, 3.8) is 0 Å². The molecule has 2 heterocycles. The van der Waals surface area contributed by atoms with Gasteiger partial charge in [-0.2, -0.15) is 9.97 Å². The number of halogens is 4. The largest absolute Gasteiger partial charge is 0.481 e. The molecule has 6 rings (SSSR count). The molecule has 0 spiro atoms. The average Bonchev–Trinajstić information content (AvgIpc) is 3.86. The van der Waals surface area contributed by atoms with Gasteiger partial charge in [0.2, 0.25) is 0 Å². The Morgan fingerprint density at radius 2 is 1.18 bits per heavy atom. The van der Waals surface area contributed by atoms with E-state index < -0.39 is 76.7 Å². The van der Waals surface area contributed by atoms with Crippen LogP contribution in [-0.4, -0.2) is 60.3 Å². The quantitative estimate of drug-likeness (QED) is 0.100. The van der Waals surface area contributed by atoms with Gasteiger partial charge in [0.25, 0.3) is 35.2 Å². The van der Waals surface area contributed by atoms with E-state index in [2.05, 4.69) is 30.9 Å². The van der Waals surface area contributed by atoms with Crippen LogP contribution in [0.3, 0.4) is 0 Å². The number of carbonyl (C=O) groups is 4. The van der Waals surface area contributed by atoms with E-state index in [1.54, 1.807) is 61.5 Å². The first-order valence-electron chi connectivity index (χ1n) is 16.5. The number of nitrogens with one attached hydrogen (secondary N) is 2. The van der Waals surface area contributed by atoms with Gasteiger partial charge in [0.1, 0.15) is 0 Å². The van der Waals surface area contributed by atoms with Crippen LogP contribution in [0.15, 0.2) is 106 Å². The van der Waals surface area contributed by atoms with Crippen LogP contribution in [-0.2, 0) is 21.5 Å². The molecule has 0 saturated heterocycles. The minimum Gasteiger partial charge on any atom is -0.481 e. The van der Waals surface area contributed by atoms with Gasteiger partial charge < -0.3 is 29.9 Å². The standard InChI is InChI=1S/2C19H15F2N3O4/c1-19(10-14(25)26,11-6-3-2-4-7-11)23-17(27)16-22-18(28-24-16)12-8-5-9-13(20)15(12)21;20-14-8-4-7-13(16(14)21)19-23-17(24-28-19)18(27)22-12(10-15(25)26)9-11-5-2-1-3-6-11/h2-9H,10H2,1H3,(H,23,27)(H,25,26);1-8,12H,9-10H2,(H,22,27)(H,25,26)/t19-;12-/m01/s1. The summed E-state index contributed by atoms with van der Waals surface area (Å²) in [6, 6.07) is 23.7. The molecule has 4 N–H and O–H groups in total. The number of benzene rings is 4. The Bertz CT molecular complexity index is 2340. The Balaban J connectivity index is 0.000000214. The van der Waals surface area contributed by atoms with Gasteiger partial charge in [0.15, 0.2) is 23.3 Å². The normalized spacial score (nSPS) is 12.4. The smallest absolute Gasteiger partial charge is 0.306 e. The monoisotopic (exact) mass is 774 g/mol. The molecule has 0 radical (unpaired) electrons. The van der Waals surface area contributed by atoms with Gasteiger partial charge in [-0.3, -0.25) is 19.2 Å². The Morgan fingerprint density at radius 1 is 0.679 bits per heavy atom. The maximum atomic E-state index is 13.9. The molecule has 0 saturated carbocycles. The van der Waals surface area contributed by atoms with Crippen LogP contribution >= 0.6 is 0 Å². The maximum absolute atomic E-state index is 13.9. The van der Waals surface area contributed by atoms with Crippen molar-refractivity contribution in [1.82, 2.24) is 30.9 Å². The van der Waals surface area contributed by atoms with Gasteiger partial charge >= 0.3 is 11.9 Å². The molecular weight excluding hydrogens is 744 g/mol. The van der Waals surface area contributed by atoms with Crippen molar-refractivity contribution in [3.8, 4) is 22.9 Å². The molecule has 2 aromatic heterocycles. The Labute approximate surface area is 314 Å². The van der Waals surface area contributed by atoms with Crippen molar-refractivity contribution in [2.75, 3.05) is 0 Å². The van der Waals surface area contributed by atoms with E-state index in [1.165, 1.54) is 24.3 Å². The minimum atomic E-state index is -1.25. The van der Waals surface area contributed by atoms with Crippen LogP contribution in [0.5, 0.6) is 0 Å². The van der Waals surface area contributed by atoms with E-state index in [0.717, 1.165) is 17.7 Å². The van der Waals surface area contributed by atoms with E-state index in [-0.39, 0.29) is 35.7 Å². The predicted octanol–water partition coefficient (Wildman–Crippen LogP) is 5.97. The molecule has 0 aliphatic rings. The second-order valence-electron chi connectivity index (χ2n) is 12.2. The zero-order valence-corrected chi connectivity index (χ0v) is 29.1. The summed E-state index contributed by atoms with van der Waals surface area (Å²) in [5.74, 6) is -9.95. The molecule has 2 atom stereocenters. The minimum absolute atomic E-state index is 0.280. The first-order valence-corrected chi connectivity index (χ1v) is 16.5. The number of carboxylic acid groups (broad SMARTS) is 2. The summed E-state index contributed by atoms with van der Waals surface area (Å²) in [5.41, 5.74) is -0.425. The Morgan fingerprint density at radius 3 is 1.68 bits per heavy atom. The fourth-order valence-electron chi connectivity index (χ4n) is 5.36. The van der Waals surface area contributed by atoms with Gasteiger partial charge in [-0.05, 0) is 48.7 Å². The third-order valence-electron chi connectivity index (χ3n) is 8.01. The number of hydrogen-bond donors (Lipinski definition) is 4. The lowest BCUT2D eigenvalue weighted by Gasteiger charge is -2.29. The van der Waals surface area contributed by atoms with Crippen LogP contribution in [0, 0.1) is 23.3 Å². The summed E-state index contributed by atoms with van der Waals surface area (Å²) < 4.78 is 64.1. The van der Waals surface area contributed by atoms with Crippen LogP contribution in [0.1, 0.15) is 52.1 Å². The number of hydrogen-bond acceptors (Lipinski definition) is 10. The van der Waals surface area contributed by atoms with Gasteiger partial charge in [-0.1, -0.05) is 83.1 Å². The van der Waals surface area contributed by atoms with E-state index in [9.17, 15) is 41.8 Å². The summed E-state index contributed by atoms with van der Waals surface area (Å²) in [6.45, 7) is 1.54. The van der Waals surface area contributed by atoms with Crippen molar-refractivity contribution >= 4 is 23.8 Å². The molecular formula is C38H30F4N6O8. The highest BCUT2D eigenvalue weighted by Crippen LogP contribution is 2.27. The average molecular weight is 775 g/mol. The fourth-order valence-corrected chi connectivity index (χ4v) is 5.36. The number of aromatic nitrogens is 4. The lowest BCUT2D eigenvalue weighted by molar-refractivity contribution is -0.139. The summed E-state index contributed by atoms with van der Waals surface area (Å²) in [6.07, 6.45) is -0.433.